The van der Waals surface area contributed by atoms with Crippen LogP contribution in [0.25, 0.3) is 39.0 Å². The summed E-state index contributed by atoms with van der Waals surface area (Å²) in [5.41, 5.74) is 7.17. The molecule has 0 saturated carbocycles. The molecule has 4 heteroatoms. The summed E-state index contributed by atoms with van der Waals surface area (Å²) in [7, 11) is 1.68. The normalized spacial score (nSPS) is 14.9. The van der Waals surface area contributed by atoms with Crippen LogP contribution < -0.4 is 15.4 Å². The summed E-state index contributed by atoms with van der Waals surface area (Å²) in [5.74, 6) is 1.52. The first-order valence-corrected chi connectivity index (χ1v) is 10.1. The largest absolute Gasteiger partial charge is 0.497 e. The molecule has 0 saturated heterocycles. The van der Waals surface area contributed by atoms with Crippen molar-refractivity contribution >= 4 is 22.2 Å². The van der Waals surface area contributed by atoms with Gasteiger partial charge in [-0.3, -0.25) is 0 Å². The summed E-state index contributed by atoms with van der Waals surface area (Å²) < 4.78 is 11.9. The monoisotopic (exact) mass is 396 g/mol. The number of hydrogen-bond donors (Lipinski definition) is 2. The van der Waals surface area contributed by atoms with E-state index in [2.05, 4.69) is 50.4 Å². The van der Waals surface area contributed by atoms with Crippen LogP contribution >= 0.6 is 0 Å². The molecule has 150 valence electrons. The number of rotatable bonds is 2. The van der Waals surface area contributed by atoms with Crippen molar-refractivity contribution in [3.63, 3.8) is 0 Å². The van der Waals surface area contributed by atoms with Gasteiger partial charge < -0.3 is 19.9 Å². The Hall–Kier alpha value is -3.53. The Morgan fingerprint density at radius 2 is 1.83 bits per heavy atom. The van der Waals surface area contributed by atoms with Gasteiger partial charge in [0, 0.05) is 33.8 Å². The van der Waals surface area contributed by atoms with Crippen molar-refractivity contribution in [2.75, 3.05) is 12.4 Å². The summed E-state index contributed by atoms with van der Waals surface area (Å²) in [6.45, 7) is 6.46. The second-order valence-corrected chi connectivity index (χ2v) is 8.46. The molecule has 5 rings (SSSR count). The van der Waals surface area contributed by atoms with Gasteiger partial charge in [-0.2, -0.15) is 0 Å². The Kier molecular flexibility index (Phi) is 4.00. The molecule has 1 aliphatic carbocycles. The van der Waals surface area contributed by atoms with E-state index in [1.807, 2.05) is 24.3 Å². The molecule has 2 heterocycles. The molecule has 0 spiro atoms. The molecule has 0 bridgehead atoms. The molecule has 0 atom stereocenters. The minimum Gasteiger partial charge on any atom is -0.497 e. The fraction of sp³-hybridized carbons (Fsp3) is 0.192. The van der Waals surface area contributed by atoms with Crippen molar-refractivity contribution in [1.29, 1.82) is 5.41 Å². The van der Waals surface area contributed by atoms with Crippen molar-refractivity contribution in [2.45, 2.75) is 26.3 Å². The van der Waals surface area contributed by atoms with Gasteiger partial charge in [-0.15, -0.1) is 0 Å². The lowest BCUT2D eigenvalue weighted by molar-refractivity contribution is 0.415. The molecule has 3 aliphatic rings. The highest BCUT2D eigenvalue weighted by Crippen LogP contribution is 2.46. The lowest BCUT2D eigenvalue weighted by atomic mass is 9.87. The van der Waals surface area contributed by atoms with Crippen LogP contribution in [0.1, 0.15) is 26.3 Å². The first-order valence-electron chi connectivity index (χ1n) is 10.1. The first kappa shape index (κ1) is 18.5. The number of anilines is 1. The van der Waals surface area contributed by atoms with Gasteiger partial charge in [0.15, 0.2) is 0 Å². The summed E-state index contributed by atoms with van der Waals surface area (Å²) in [5, 5.41) is 13.2. The van der Waals surface area contributed by atoms with Crippen LogP contribution in [0.4, 0.5) is 5.69 Å². The molecule has 0 amide bonds. The smallest absolute Gasteiger partial charge is 0.144 e. The molecule has 0 unspecified atom stereocenters. The maximum atomic E-state index is 8.10. The maximum Gasteiger partial charge on any atom is 0.144 e. The number of methoxy groups -OCH3 is 1. The first-order chi connectivity index (χ1) is 14.4. The lowest BCUT2D eigenvalue weighted by Gasteiger charge is -2.32. The van der Waals surface area contributed by atoms with Crippen molar-refractivity contribution in [2.24, 2.45) is 0 Å². The van der Waals surface area contributed by atoms with Crippen LogP contribution in [0.5, 0.6) is 5.75 Å². The highest BCUT2D eigenvalue weighted by atomic mass is 16.5. The number of nitrogens with one attached hydrogen (secondary N) is 2. The van der Waals surface area contributed by atoms with Crippen LogP contribution in [0.15, 0.2) is 65.1 Å². The predicted octanol–water partition coefficient (Wildman–Crippen LogP) is 6.30. The summed E-state index contributed by atoms with van der Waals surface area (Å²) in [6.07, 6.45) is 2.24. The quantitative estimate of drug-likeness (QED) is 0.391. The van der Waals surface area contributed by atoms with E-state index in [1.54, 1.807) is 19.2 Å². The molecular formula is C26H24N2O2. The summed E-state index contributed by atoms with van der Waals surface area (Å²) in [4.78, 5) is 0. The van der Waals surface area contributed by atoms with Crippen molar-refractivity contribution < 1.29 is 9.15 Å². The molecule has 2 N–H and O–H groups in total. The number of fused-ring (bicyclic) bond motifs is 4. The zero-order valence-electron chi connectivity index (χ0n) is 17.6. The van der Waals surface area contributed by atoms with E-state index in [-0.39, 0.29) is 5.54 Å². The van der Waals surface area contributed by atoms with Gasteiger partial charge >= 0.3 is 0 Å². The highest BCUT2D eigenvalue weighted by molar-refractivity contribution is 6.07. The van der Waals surface area contributed by atoms with Crippen LogP contribution in [-0.2, 0) is 0 Å². The average Bonchev–Trinajstić information content (AvgIpc) is 2.70. The molecule has 30 heavy (non-hydrogen) atoms. The van der Waals surface area contributed by atoms with Gasteiger partial charge in [0.2, 0.25) is 0 Å². The minimum atomic E-state index is -0.119. The van der Waals surface area contributed by atoms with E-state index in [0.717, 1.165) is 44.7 Å². The van der Waals surface area contributed by atoms with Crippen LogP contribution in [0.2, 0.25) is 0 Å². The predicted molar refractivity (Wildman–Crippen MR) is 122 cm³/mol. The molecule has 0 radical (unpaired) electrons. The molecule has 4 nitrogen and oxygen atoms in total. The molecular weight excluding hydrogens is 372 g/mol. The van der Waals surface area contributed by atoms with Gasteiger partial charge in [-0.05, 0) is 68.3 Å². The number of hydrogen-bond acceptors (Lipinski definition) is 4. The Labute approximate surface area is 175 Å². The third kappa shape index (κ3) is 2.88. The Bertz CT molecular complexity index is 1360. The van der Waals surface area contributed by atoms with Gasteiger partial charge in [0.05, 0.1) is 18.0 Å². The Morgan fingerprint density at radius 3 is 2.63 bits per heavy atom. The lowest BCUT2D eigenvalue weighted by Crippen LogP contribution is -2.31. The zero-order chi connectivity index (χ0) is 21.0. The molecule has 0 fully saturated rings. The highest BCUT2D eigenvalue weighted by Gasteiger charge is 2.27. The second-order valence-electron chi connectivity index (χ2n) is 8.46. The van der Waals surface area contributed by atoms with E-state index in [0.29, 0.717) is 11.1 Å². The Morgan fingerprint density at radius 1 is 1.00 bits per heavy atom. The molecule has 2 aliphatic heterocycles. The molecule has 2 aromatic rings. The average molecular weight is 396 g/mol. The van der Waals surface area contributed by atoms with Crippen LogP contribution in [-0.4, -0.2) is 12.6 Å². The standard InChI is InChI=1S/C26H24N2O2/c1-15-14-26(2,3)28-21-11-10-20-24(16-6-5-7-18(12-16)29-4)19-9-8-17(27)13-22(19)30-25(20)23(15)21/h5-14,27-28H,1-4H3. The van der Waals surface area contributed by atoms with E-state index < -0.39 is 0 Å². The summed E-state index contributed by atoms with van der Waals surface area (Å²) >= 11 is 0. The van der Waals surface area contributed by atoms with Crippen molar-refractivity contribution in [3.05, 3.63) is 71.6 Å². The van der Waals surface area contributed by atoms with Gasteiger partial charge in [0.25, 0.3) is 0 Å². The fourth-order valence-electron chi connectivity index (χ4n) is 4.54. The van der Waals surface area contributed by atoms with Crippen LogP contribution in [0, 0.1) is 5.41 Å². The number of ether oxygens (including phenoxy) is 1. The van der Waals surface area contributed by atoms with E-state index in [1.165, 1.54) is 5.57 Å². The maximum absolute atomic E-state index is 8.10. The third-order valence-corrected chi connectivity index (χ3v) is 5.68. The number of benzene rings is 3. The summed E-state index contributed by atoms with van der Waals surface area (Å²) in [6, 6.07) is 17.9. The molecule has 2 aromatic carbocycles. The third-order valence-electron chi connectivity index (χ3n) is 5.68. The van der Waals surface area contributed by atoms with Gasteiger partial charge in [-0.25, -0.2) is 0 Å². The topological polar surface area (TPSA) is 58.2 Å². The Balaban J connectivity index is 1.93. The van der Waals surface area contributed by atoms with Crippen molar-refractivity contribution in [1.82, 2.24) is 0 Å². The van der Waals surface area contributed by atoms with E-state index in [9.17, 15) is 0 Å². The van der Waals surface area contributed by atoms with Gasteiger partial charge in [0.1, 0.15) is 17.1 Å². The minimum absolute atomic E-state index is 0.119. The van der Waals surface area contributed by atoms with E-state index >= 15 is 0 Å². The van der Waals surface area contributed by atoms with Crippen molar-refractivity contribution in [3.8, 4) is 28.2 Å². The fourth-order valence-corrected chi connectivity index (χ4v) is 4.54. The SMILES string of the molecule is COc1cccc(-c2c3ccc(=N)cc-3oc3c4c(ccc23)NC(C)(C)C=C4C)c1. The molecule has 0 aromatic heterocycles. The number of allylic oxidation sites excluding steroid dienone is 1. The van der Waals surface area contributed by atoms with E-state index in [4.69, 9.17) is 14.6 Å². The van der Waals surface area contributed by atoms with Gasteiger partial charge in [-0.1, -0.05) is 18.2 Å². The zero-order valence-corrected chi connectivity index (χ0v) is 17.6. The van der Waals surface area contributed by atoms with Crippen LogP contribution in [0.3, 0.4) is 0 Å². The second kappa shape index (κ2) is 6.49.